The lowest BCUT2D eigenvalue weighted by atomic mass is 10.2. The van der Waals surface area contributed by atoms with Crippen LogP contribution in [0.25, 0.3) is 11.0 Å². The lowest BCUT2D eigenvalue weighted by molar-refractivity contribution is 0.409. The molecule has 3 rings (SSSR count). The van der Waals surface area contributed by atoms with Gasteiger partial charge in [0.2, 0.25) is 0 Å². The van der Waals surface area contributed by atoms with Gasteiger partial charge in [0.05, 0.1) is 7.11 Å². The Balaban J connectivity index is 0.00000243. The van der Waals surface area contributed by atoms with Crippen LogP contribution in [0, 0.1) is 0 Å². The molecule has 0 bridgehead atoms. The summed E-state index contributed by atoms with van der Waals surface area (Å²) in [5.74, 6) is 2.59. The van der Waals surface area contributed by atoms with E-state index >= 15 is 0 Å². The van der Waals surface area contributed by atoms with Gasteiger partial charge in [-0.25, -0.2) is 0 Å². The summed E-state index contributed by atoms with van der Waals surface area (Å²) in [6.07, 6.45) is 0.796. The first-order valence-electron chi connectivity index (χ1n) is 8.34. The van der Waals surface area contributed by atoms with Gasteiger partial charge in [0.15, 0.2) is 5.96 Å². The number of para-hydroxylation sites is 2. The largest absolute Gasteiger partial charge is 0.496 e. The highest BCUT2D eigenvalue weighted by atomic mass is 127. The molecule has 0 saturated carbocycles. The second-order valence-electron chi connectivity index (χ2n) is 5.66. The van der Waals surface area contributed by atoms with Crippen LogP contribution in [0.2, 0.25) is 0 Å². The molecule has 5 nitrogen and oxygen atoms in total. The van der Waals surface area contributed by atoms with Gasteiger partial charge >= 0.3 is 0 Å². The topological polar surface area (TPSA) is 58.8 Å². The number of hydrogen-bond donors (Lipinski definition) is 2. The Hall–Kier alpha value is -2.22. The standard InChI is InChI=1S/C20H23N3O2.HI/c1-21-20(23-14-16-8-4-5-9-18(16)24-2)22-12-11-17-13-15-7-3-6-10-19(15)25-17;/h3-10,13H,11-12,14H2,1-2H3,(H2,21,22,23);1H. The maximum absolute atomic E-state index is 5.83. The minimum atomic E-state index is 0. The maximum Gasteiger partial charge on any atom is 0.191 e. The van der Waals surface area contributed by atoms with Crippen molar-refractivity contribution in [3.05, 3.63) is 65.9 Å². The van der Waals surface area contributed by atoms with E-state index in [9.17, 15) is 0 Å². The zero-order chi connectivity index (χ0) is 17.5. The Morgan fingerprint density at radius 2 is 1.85 bits per heavy atom. The molecule has 0 aliphatic heterocycles. The number of ether oxygens (including phenoxy) is 1. The van der Waals surface area contributed by atoms with Gasteiger partial charge in [-0.1, -0.05) is 36.4 Å². The van der Waals surface area contributed by atoms with Gasteiger partial charge in [-0.2, -0.15) is 0 Å². The number of methoxy groups -OCH3 is 1. The Bertz CT molecular complexity index is 828. The van der Waals surface area contributed by atoms with Gasteiger partial charge in [-0.05, 0) is 18.2 Å². The summed E-state index contributed by atoms with van der Waals surface area (Å²) in [5.41, 5.74) is 2.02. The van der Waals surface area contributed by atoms with E-state index in [1.807, 2.05) is 42.5 Å². The number of nitrogens with zero attached hydrogens (tertiary/aromatic N) is 1. The van der Waals surface area contributed by atoms with E-state index in [2.05, 4.69) is 27.8 Å². The quantitative estimate of drug-likeness (QED) is 0.329. The molecule has 26 heavy (non-hydrogen) atoms. The Morgan fingerprint density at radius 1 is 1.08 bits per heavy atom. The lowest BCUT2D eigenvalue weighted by Crippen LogP contribution is -2.37. The van der Waals surface area contributed by atoms with Crippen LogP contribution in [0.1, 0.15) is 11.3 Å². The summed E-state index contributed by atoms with van der Waals surface area (Å²) >= 11 is 0. The van der Waals surface area contributed by atoms with Crippen molar-refractivity contribution < 1.29 is 9.15 Å². The fourth-order valence-electron chi connectivity index (χ4n) is 2.71. The van der Waals surface area contributed by atoms with Crippen molar-refractivity contribution in [2.45, 2.75) is 13.0 Å². The van der Waals surface area contributed by atoms with Gasteiger partial charge in [0.1, 0.15) is 17.1 Å². The van der Waals surface area contributed by atoms with E-state index in [-0.39, 0.29) is 24.0 Å². The first-order valence-corrected chi connectivity index (χ1v) is 8.34. The summed E-state index contributed by atoms with van der Waals surface area (Å²) in [6.45, 7) is 1.39. The van der Waals surface area contributed by atoms with Crippen LogP contribution in [0.15, 0.2) is 64.0 Å². The molecule has 1 aromatic heterocycles. The van der Waals surface area contributed by atoms with E-state index in [4.69, 9.17) is 9.15 Å². The van der Waals surface area contributed by atoms with Gasteiger partial charge < -0.3 is 19.8 Å². The zero-order valence-corrected chi connectivity index (χ0v) is 17.3. The molecule has 0 fully saturated rings. The van der Waals surface area contributed by atoms with Crippen LogP contribution >= 0.6 is 24.0 Å². The molecule has 138 valence electrons. The van der Waals surface area contributed by atoms with E-state index in [0.29, 0.717) is 6.54 Å². The average Bonchev–Trinajstić information content (AvgIpc) is 3.07. The lowest BCUT2D eigenvalue weighted by Gasteiger charge is -2.13. The number of fused-ring (bicyclic) bond motifs is 1. The number of guanidine groups is 1. The molecule has 2 aromatic carbocycles. The third-order valence-corrected chi connectivity index (χ3v) is 4.00. The molecule has 1 heterocycles. The van der Waals surface area contributed by atoms with Crippen molar-refractivity contribution in [1.29, 1.82) is 0 Å². The predicted octanol–water partition coefficient (Wildman–Crippen LogP) is 3.97. The van der Waals surface area contributed by atoms with E-state index in [0.717, 1.165) is 47.0 Å². The Labute approximate surface area is 170 Å². The normalized spacial score (nSPS) is 11.1. The van der Waals surface area contributed by atoms with Crippen molar-refractivity contribution in [2.75, 3.05) is 20.7 Å². The fraction of sp³-hybridized carbons (Fsp3) is 0.250. The van der Waals surface area contributed by atoms with Gasteiger partial charge in [-0.3, -0.25) is 4.99 Å². The van der Waals surface area contributed by atoms with E-state index < -0.39 is 0 Å². The number of benzene rings is 2. The molecule has 0 unspecified atom stereocenters. The van der Waals surface area contributed by atoms with Gasteiger partial charge in [0, 0.05) is 37.5 Å². The number of hydrogen-bond acceptors (Lipinski definition) is 3. The molecule has 0 aliphatic carbocycles. The average molecular weight is 465 g/mol. The number of nitrogens with one attached hydrogen (secondary N) is 2. The highest BCUT2D eigenvalue weighted by molar-refractivity contribution is 14.0. The van der Waals surface area contributed by atoms with Gasteiger partial charge in [0.25, 0.3) is 0 Å². The second kappa shape index (κ2) is 10.1. The second-order valence-corrected chi connectivity index (χ2v) is 5.66. The monoisotopic (exact) mass is 465 g/mol. The third kappa shape index (κ3) is 5.14. The number of aliphatic imine (C=N–C) groups is 1. The molecule has 0 spiro atoms. The minimum Gasteiger partial charge on any atom is -0.496 e. The smallest absolute Gasteiger partial charge is 0.191 e. The highest BCUT2D eigenvalue weighted by Gasteiger charge is 2.05. The first-order chi connectivity index (χ1) is 12.3. The summed E-state index contributed by atoms with van der Waals surface area (Å²) in [4.78, 5) is 4.26. The fourth-order valence-corrected chi connectivity index (χ4v) is 2.71. The van der Waals surface area contributed by atoms with Crippen LogP contribution in [-0.2, 0) is 13.0 Å². The van der Waals surface area contributed by atoms with Crippen molar-refractivity contribution in [3.63, 3.8) is 0 Å². The van der Waals surface area contributed by atoms with Crippen LogP contribution in [-0.4, -0.2) is 26.7 Å². The highest BCUT2D eigenvalue weighted by Crippen LogP contribution is 2.19. The van der Waals surface area contributed by atoms with Crippen LogP contribution in [0.5, 0.6) is 5.75 Å². The SMILES string of the molecule is CN=C(NCCc1cc2ccccc2o1)NCc1ccccc1OC.I. The number of halogens is 1. The summed E-state index contributed by atoms with van der Waals surface area (Å²) in [7, 11) is 3.44. The van der Waals surface area contributed by atoms with Crippen molar-refractivity contribution >= 4 is 40.9 Å². The Morgan fingerprint density at radius 3 is 2.62 bits per heavy atom. The molecule has 0 aliphatic rings. The van der Waals surface area contributed by atoms with Crippen molar-refractivity contribution in [2.24, 2.45) is 4.99 Å². The molecule has 0 saturated heterocycles. The summed E-state index contributed by atoms with van der Waals surface area (Å²) < 4.78 is 11.2. The first kappa shape index (κ1) is 20.1. The maximum atomic E-state index is 5.83. The molecule has 6 heteroatoms. The molecular weight excluding hydrogens is 441 g/mol. The molecule has 0 radical (unpaired) electrons. The minimum absolute atomic E-state index is 0. The predicted molar refractivity (Wildman–Crippen MR) is 117 cm³/mol. The number of furan rings is 1. The third-order valence-electron chi connectivity index (χ3n) is 4.00. The van der Waals surface area contributed by atoms with E-state index in [1.54, 1.807) is 14.2 Å². The molecule has 0 atom stereocenters. The van der Waals surface area contributed by atoms with E-state index in [1.165, 1.54) is 0 Å². The summed E-state index contributed by atoms with van der Waals surface area (Å²) in [6, 6.07) is 18.1. The molecule has 2 N–H and O–H groups in total. The summed E-state index contributed by atoms with van der Waals surface area (Å²) in [5, 5.41) is 7.74. The van der Waals surface area contributed by atoms with Crippen LogP contribution in [0.4, 0.5) is 0 Å². The molecule has 3 aromatic rings. The zero-order valence-electron chi connectivity index (χ0n) is 15.0. The number of rotatable bonds is 6. The molecule has 0 amide bonds. The van der Waals surface area contributed by atoms with Crippen LogP contribution in [0.3, 0.4) is 0 Å². The van der Waals surface area contributed by atoms with Crippen LogP contribution < -0.4 is 15.4 Å². The van der Waals surface area contributed by atoms with Crippen molar-refractivity contribution in [1.82, 2.24) is 10.6 Å². The van der Waals surface area contributed by atoms with Crippen molar-refractivity contribution in [3.8, 4) is 5.75 Å². The van der Waals surface area contributed by atoms with Gasteiger partial charge in [-0.15, -0.1) is 24.0 Å². The molecular formula is C20H24IN3O2. The Kier molecular flexibility index (Phi) is 7.77.